The first-order valence-electron chi connectivity index (χ1n) is 17.3. The maximum absolute atomic E-state index is 14.1. The molecule has 0 saturated heterocycles. The van der Waals surface area contributed by atoms with Crippen molar-refractivity contribution in [3.8, 4) is 0 Å². The number of carbonyl (C=O) groups excluding carboxylic acids is 3. The lowest BCUT2D eigenvalue weighted by atomic mass is 9.33. The van der Waals surface area contributed by atoms with E-state index in [-0.39, 0.29) is 63.5 Å². The van der Waals surface area contributed by atoms with Crippen LogP contribution in [0.2, 0.25) is 0 Å². The Morgan fingerprint density at radius 1 is 0.911 bits per heavy atom. The number of rotatable bonds is 4. The summed E-state index contributed by atoms with van der Waals surface area (Å²) in [4.78, 5) is 41.4. The van der Waals surface area contributed by atoms with Crippen LogP contribution in [0.3, 0.4) is 0 Å². The van der Waals surface area contributed by atoms with Crippen molar-refractivity contribution < 1.29 is 23.5 Å². The standard InChI is InChI=1S/C39H54FNO4/c1-34(2)17-19-39(33(44)45-8)20-18-37(6)27(28(39)22-34)13-14-30-36(5)21-26(32(43)41-23-24-9-11-25(40)12-10-24)31(42)35(3,4)29(36)15-16-38(30,37)7/h9-13,26,28-30H,14-23H2,1-8H3,(H,41,43). The van der Waals surface area contributed by atoms with Crippen LogP contribution in [0.25, 0.3) is 0 Å². The number of nitrogens with one attached hydrogen (secondary N) is 1. The van der Waals surface area contributed by atoms with Gasteiger partial charge in [-0.25, -0.2) is 4.39 Å². The SMILES string of the molecule is COC(=O)C12CCC(C)(C)CC1C1=CCC3C4(C)CC(C(=O)NCc5ccc(F)cc5)C(=O)C(C)(C)C4CCC3(C)C1(C)CC2. The van der Waals surface area contributed by atoms with Gasteiger partial charge in [0.15, 0.2) is 5.78 Å². The maximum Gasteiger partial charge on any atom is 0.312 e. The van der Waals surface area contributed by atoms with Gasteiger partial charge in [-0.3, -0.25) is 14.4 Å². The molecule has 4 saturated carbocycles. The van der Waals surface area contributed by atoms with Crippen LogP contribution >= 0.6 is 0 Å². The third kappa shape index (κ3) is 4.61. The normalized spacial score (nSPS) is 41.4. The molecule has 0 spiro atoms. The summed E-state index contributed by atoms with van der Waals surface area (Å²) in [6.07, 6.45) is 10.7. The Kier molecular flexibility index (Phi) is 7.57. The average Bonchev–Trinajstić information content (AvgIpc) is 2.98. The summed E-state index contributed by atoms with van der Waals surface area (Å²) < 4.78 is 19.0. The fourth-order valence-corrected chi connectivity index (χ4v) is 11.9. The number of hydrogen-bond donors (Lipinski definition) is 1. The van der Waals surface area contributed by atoms with Crippen LogP contribution in [-0.4, -0.2) is 24.8 Å². The van der Waals surface area contributed by atoms with Gasteiger partial charge in [0.05, 0.1) is 18.4 Å². The number of ketones is 1. The summed E-state index contributed by atoms with van der Waals surface area (Å²) >= 11 is 0. The smallest absolute Gasteiger partial charge is 0.312 e. The molecule has 0 aliphatic heterocycles. The van der Waals surface area contributed by atoms with Crippen molar-refractivity contribution in [3.05, 3.63) is 47.3 Å². The fourth-order valence-electron chi connectivity index (χ4n) is 11.9. The van der Waals surface area contributed by atoms with Gasteiger partial charge >= 0.3 is 5.97 Å². The lowest BCUT2D eigenvalue weighted by Gasteiger charge is -2.71. The van der Waals surface area contributed by atoms with Crippen molar-refractivity contribution in [1.29, 1.82) is 0 Å². The number of halogens is 1. The van der Waals surface area contributed by atoms with E-state index in [0.29, 0.717) is 12.3 Å². The summed E-state index contributed by atoms with van der Waals surface area (Å²) in [5.74, 6) is -0.518. The fraction of sp³-hybridized carbons (Fsp3) is 0.718. The average molecular weight is 620 g/mol. The summed E-state index contributed by atoms with van der Waals surface area (Å²) in [6, 6.07) is 6.13. The predicted octanol–water partition coefficient (Wildman–Crippen LogP) is 8.21. The first-order chi connectivity index (χ1) is 20.9. The molecule has 1 N–H and O–H groups in total. The van der Waals surface area contributed by atoms with Gasteiger partial charge in [0.2, 0.25) is 5.91 Å². The molecule has 6 rings (SSSR count). The molecule has 6 heteroatoms. The van der Waals surface area contributed by atoms with E-state index in [1.54, 1.807) is 19.2 Å². The monoisotopic (exact) mass is 619 g/mol. The zero-order chi connectivity index (χ0) is 32.8. The van der Waals surface area contributed by atoms with Crippen LogP contribution < -0.4 is 5.32 Å². The number of fused-ring (bicyclic) bond motifs is 7. The first kappa shape index (κ1) is 32.4. The molecule has 1 amide bonds. The van der Waals surface area contributed by atoms with Gasteiger partial charge in [0.25, 0.3) is 0 Å². The third-order valence-electron chi connectivity index (χ3n) is 14.7. The summed E-state index contributed by atoms with van der Waals surface area (Å²) in [7, 11) is 1.55. The number of allylic oxidation sites excluding steroid dienone is 2. The quantitative estimate of drug-likeness (QED) is 0.209. The predicted molar refractivity (Wildman–Crippen MR) is 173 cm³/mol. The van der Waals surface area contributed by atoms with Gasteiger partial charge in [-0.15, -0.1) is 0 Å². The van der Waals surface area contributed by atoms with Crippen molar-refractivity contribution in [2.45, 2.75) is 113 Å². The molecular formula is C39H54FNO4. The molecule has 8 atom stereocenters. The molecule has 5 aliphatic rings. The molecule has 0 bridgehead atoms. The van der Waals surface area contributed by atoms with Crippen molar-refractivity contribution in [1.82, 2.24) is 5.32 Å². The molecule has 0 radical (unpaired) electrons. The highest BCUT2D eigenvalue weighted by atomic mass is 19.1. The molecule has 5 nitrogen and oxygen atoms in total. The van der Waals surface area contributed by atoms with Crippen LogP contribution in [0.15, 0.2) is 35.9 Å². The molecule has 4 fully saturated rings. The van der Waals surface area contributed by atoms with E-state index >= 15 is 0 Å². The summed E-state index contributed by atoms with van der Waals surface area (Å²) in [6.45, 7) is 16.5. The lowest BCUT2D eigenvalue weighted by molar-refractivity contribution is -0.196. The van der Waals surface area contributed by atoms with Crippen LogP contribution in [0.5, 0.6) is 0 Å². The molecule has 5 aliphatic carbocycles. The van der Waals surface area contributed by atoms with Gasteiger partial charge in [-0.1, -0.05) is 72.2 Å². The van der Waals surface area contributed by atoms with E-state index in [1.807, 2.05) is 0 Å². The van der Waals surface area contributed by atoms with E-state index in [2.05, 4.69) is 59.9 Å². The number of hydrogen-bond acceptors (Lipinski definition) is 4. The Hall–Kier alpha value is -2.50. The Labute approximate surface area is 269 Å². The highest BCUT2D eigenvalue weighted by Gasteiger charge is 2.70. The second-order valence-corrected chi connectivity index (χ2v) is 17.5. The molecule has 45 heavy (non-hydrogen) atoms. The van der Waals surface area contributed by atoms with Gasteiger partial charge in [0, 0.05) is 12.0 Å². The minimum atomic E-state index is -0.709. The number of amides is 1. The number of ether oxygens (including phenoxy) is 1. The largest absolute Gasteiger partial charge is 0.469 e. The number of esters is 1. The lowest BCUT2D eigenvalue weighted by Crippen LogP contribution is -2.66. The summed E-state index contributed by atoms with van der Waals surface area (Å²) in [5.41, 5.74) is 1.13. The molecule has 0 heterocycles. The molecule has 246 valence electrons. The van der Waals surface area contributed by atoms with E-state index in [0.717, 1.165) is 56.9 Å². The number of carbonyl (C=O) groups is 3. The van der Waals surface area contributed by atoms with Crippen molar-refractivity contribution in [2.75, 3.05) is 7.11 Å². The Bertz CT molecular complexity index is 1430. The summed E-state index contributed by atoms with van der Waals surface area (Å²) in [5, 5.41) is 3.02. The minimum absolute atomic E-state index is 0.0161. The molecular weight excluding hydrogens is 565 g/mol. The highest BCUT2D eigenvalue weighted by Crippen LogP contribution is 2.75. The van der Waals surface area contributed by atoms with E-state index in [4.69, 9.17) is 4.74 Å². The highest BCUT2D eigenvalue weighted by molar-refractivity contribution is 6.04. The third-order valence-corrected chi connectivity index (χ3v) is 14.7. The minimum Gasteiger partial charge on any atom is -0.469 e. The molecule has 1 aromatic rings. The van der Waals surface area contributed by atoms with Crippen LogP contribution in [0.1, 0.15) is 112 Å². The van der Waals surface area contributed by atoms with Gasteiger partial charge in [-0.2, -0.15) is 0 Å². The number of methoxy groups -OCH3 is 1. The van der Waals surface area contributed by atoms with Crippen molar-refractivity contribution in [2.24, 2.45) is 56.2 Å². The van der Waals surface area contributed by atoms with Gasteiger partial charge in [-0.05, 0) is 115 Å². The van der Waals surface area contributed by atoms with E-state index in [1.165, 1.54) is 17.7 Å². The number of benzene rings is 1. The van der Waals surface area contributed by atoms with E-state index in [9.17, 15) is 18.8 Å². The van der Waals surface area contributed by atoms with Crippen LogP contribution in [-0.2, 0) is 25.7 Å². The van der Waals surface area contributed by atoms with Crippen molar-refractivity contribution in [3.63, 3.8) is 0 Å². The van der Waals surface area contributed by atoms with Gasteiger partial charge < -0.3 is 10.1 Å². The molecule has 0 aromatic heterocycles. The van der Waals surface area contributed by atoms with Crippen molar-refractivity contribution >= 4 is 17.7 Å². The Morgan fingerprint density at radius 3 is 2.24 bits per heavy atom. The topological polar surface area (TPSA) is 72.5 Å². The Morgan fingerprint density at radius 2 is 1.58 bits per heavy atom. The second-order valence-electron chi connectivity index (χ2n) is 17.5. The van der Waals surface area contributed by atoms with Crippen LogP contribution in [0, 0.1) is 62.0 Å². The van der Waals surface area contributed by atoms with Crippen LogP contribution in [0.4, 0.5) is 4.39 Å². The van der Waals surface area contributed by atoms with E-state index < -0.39 is 16.7 Å². The first-order valence-corrected chi connectivity index (χ1v) is 17.3. The molecule has 1 aromatic carbocycles. The molecule has 8 unspecified atom stereocenters. The Balaban J connectivity index is 1.35. The number of Topliss-reactive ketones (excluding diaryl/α,β-unsaturated/α-hetero) is 1. The maximum atomic E-state index is 14.1. The van der Waals surface area contributed by atoms with Gasteiger partial charge in [0.1, 0.15) is 5.82 Å². The second kappa shape index (κ2) is 10.5. The zero-order valence-corrected chi connectivity index (χ0v) is 28.8. The zero-order valence-electron chi connectivity index (χ0n) is 28.8.